The highest BCUT2D eigenvalue weighted by Gasteiger charge is 2.02. The maximum absolute atomic E-state index is 13.5. The van der Waals surface area contributed by atoms with Gasteiger partial charge in [-0.25, -0.2) is 9.37 Å². The number of guanidine groups is 1. The van der Waals surface area contributed by atoms with Crippen LogP contribution in [0.4, 0.5) is 4.39 Å². The molecular weight excluding hydrogens is 343 g/mol. The number of hydrogen-bond acceptors (Lipinski definition) is 4. The predicted molar refractivity (Wildman–Crippen MR) is 102 cm³/mol. The molecule has 7 heteroatoms. The Hall–Kier alpha value is -1.60. The van der Waals surface area contributed by atoms with Crippen molar-refractivity contribution in [2.24, 2.45) is 4.99 Å². The van der Waals surface area contributed by atoms with Crippen LogP contribution in [-0.4, -0.2) is 36.3 Å². The fourth-order valence-corrected chi connectivity index (χ4v) is 3.59. The van der Waals surface area contributed by atoms with E-state index < -0.39 is 0 Å². The van der Waals surface area contributed by atoms with E-state index in [1.807, 2.05) is 19.2 Å². The van der Waals surface area contributed by atoms with Crippen LogP contribution in [0.3, 0.4) is 0 Å². The number of thiazole rings is 1. The molecule has 0 atom stereocenters. The van der Waals surface area contributed by atoms with Gasteiger partial charge in [0.2, 0.25) is 0 Å². The van der Waals surface area contributed by atoms with Gasteiger partial charge in [-0.15, -0.1) is 23.1 Å². The van der Waals surface area contributed by atoms with Crippen LogP contribution in [0.1, 0.15) is 16.8 Å². The van der Waals surface area contributed by atoms with Gasteiger partial charge in [0, 0.05) is 47.8 Å². The topological polar surface area (TPSA) is 49.3 Å². The van der Waals surface area contributed by atoms with E-state index in [0.717, 1.165) is 36.2 Å². The molecule has 0 saturated heterocycles. The first-order valence-electron chi connectivity index (χ1n) is 8.00. The second-order valence-electron chi connectivity index (χ2n) is 5.08. The summed E-state index contributed by atoms with van der Waals surface area (Å²) < 4.78 is 13.5. The summed E-state index contributed by atoms with van der Waals surface area (Å²) in [6, 6.07) is 6.85. The van der Waals surface area contributed by atoms with Crippen molar-refractivity contribution in [2.45, 2.75) is 25.2 Å². The van der Waals surface area contributed by atoms with Gasteiger partial charge in [0.1, 0.15) is 5.82 Å². The Kier molecular flexibility index (Phi) is 8.04. The molecule has 0 bridgehead atoms. The van der Waals surface area contributed by atoms with Crippen LogP contribution >= 0.6 is 23.1 Å². The molecule has 0 saturated carbocycles. The Morgan fingerprint density at radius 1 is 1.33 bits per heavy atom. The van der Waals surface area contributed by atoms with Crippen molar-refractivity contribution in [3.63, 3.8) is 0 Å². The number of aliphatic imine (C=N–C) groups is 1. The lowest BCUT2D eigenvalue weighted by Crippen LogP contribution is -2.38. The van der Waals surface area contributed by atoms with Crippen molar-refractivity contribution in [1.82, 2.24) is 15.6 Å². The van der Waals surface area contributed by atoms with Gasteiger partial charge in [0.05, 0.1) is 5.01 Å². The van der Waals surface area contributed by atoms with Crippen LogP contribution in [0, 0.1) is 12.7 Å². The highest BCUT2D eigenvalue weighted by Crippen LogP contribution is 2.20. The summed E-state index contributed by atoms with van der Waals surface area (Å²) >= 11 is 3.22. The van der Waals surface area contributed by atoms with E-state index in [2.05, 4.69) is 27.5 Å². The Bertz CT molecular complexity index is 658. The molecule has 1 aromatic heterocycles. The molecule has 0 radical (unpaired) electrons. The smallest absolute Gasteiger partial charge is 0.191 e. The lowest BCUT2D eigenvalue weighted by molar-refractivity contribution is 0.602. The molecular formula is C17H23FN4S2. The molecule has 0 amide bonds. The summed E-state index contributed by atoms with van der Waals surface area (Å²) in [5, 5.41) is 7.62. The first kappa shape index (κ1) is 18.7. The second kappa shape index (κ2) is 10.3. The van der Waals surface area contributed by atoms with Gasteiger partial charge in [0.15, 0.2) is 5.96 Å². The van der Waals surface area contributed by atoms with Crippen molar-refractivity contribution in [3.8, 4) is 0 Å². The van der Waals surface area contributed by atoms with Crippen molar-refractivity contribution in [3.05, 3.63) is 46.2 Å². The highest BCUT2D eigenvalue weighted by molar-refractivity contribution is 7.99. The molecule has 1 heterocycles. The molecule has 24 heavy (non-hydrogen) atoms. The molecule has 4 nitrogen and oxygen atoms in total. The standard InChI is InChI=1S/C17H23FN4S2/c1-3-19-17(20-9-8-16-22-12-13(2)24-16)21-10-11-23-15-7-5-4-6-14(15)18/h4-7,12H,3,8-11H2,1-2H3,(H2,19,20,21). The van der Waals surface area contributed by atoms with Gasteiger partial charge in [-0.1, -0.05) is 12.1 Å². The summed E-state index contributed by atoms with van der Waals surface area (Å²) in [6.07, 6.45) is 2.74. The molecule has 0 spiro atoms. The van der Waals surface area contributed by atoms with Gasteiger partial charge in [-0.3, -0.25) is 4.99 Å². The summed E-state index contributed by atoms with van der Waals surface area (Å²) in [6.45, 7) is 6.32. The first-order valence-corrected chi connectivity index (χ1v) is 9.80. The Labute approximate surface area is 151 Å². The highest BCUT2D eigenvalue weighted by atomic mass is 32.2. The number of thioether (sulfide) groups is 1. The van der Waals surface area contributed by atoms with Crippen LogP contribution in [0.25, 0.3) is 0 Å². The zero-order valence-corrected chi connectivity index (χ0v) is 15.6. The predicted octanol–water partition coefficient (Wildman–Crippen LogP) is 3.48. The molecule has 2 N–H and O–H groups in total. The fraction of sp³-hybridized carbons (Fsp3) is 0.412. The van der Waals surface area contributed by atoms with Gasteiger partial charge < -0.3 is 10.6 Å². The van der Waals surface area contributed by atoms with E-state index in [1.165, 1.54) is 22.7 Å². The number of benzene rings is 1. The number of nitrogens with zero attached hydrogens (tertiary/aromatic N) is 2. The summed E-state index contributed by atoms with van der Waals surface area (Å²) in [5.74, 6) is 1.40. The van der Waals surface area contributed by atoms with Crippen LogP contribution in [0.2, 0.25) is 0 Å². The minimum absolute atomic E-state index is 0.165. The molecule has 130 valence electrons. The van der Waals surface area contributed by atoms with Crippen LogP contribution < -0.4 is 10.6 Å². The second-order valence-corrected chi connectivity index (χ2v) is 7.54. The maximum Gasteiger partial charge on any atom is 0.191 e. The lowest BCUT2D eigenvalue weighted by Gasteiger charge is -2.11. The monoisotopic (exact) mass is 366 g/mol. The minimum Gasteiger partial charge on any atom is -0.357 e. The van der Waals surface area contributed by atoms with Crippen LogP contribution in [-0.2, 0) is 6.42 Å². The Balaban J connectivity index is 1.73. The number of halogens is 1. The summed E-state index contributed by atoms with van der Waals surface area (Å²) in [7, 11) is 0. The molecule has 0 aliphatic heterocycles. The average molecular weight is 367 g/mol. The fourth-order valence-electron chi connectivity index (χ4n) is 2.01. The van der Waals surface area contributed by atoms with E-state index in [1.54, 1.807) is 23.5 Å². The minimum atomic E-state index is -0.165. The number of rotatable bonds is 8. The SMILES string of the molecule is CCNC(=NCCc1ncc(C)s1)NCCSc1ccccc1F. The van der Waals surface area contributed by atoms with Gasteiger partial charge >= 0.3 is 0 Å². The lowest BCUT2D eigenvalue weighted by atomic mass is 10.3. The maximum atomic E-state index is 13.5. The van der Waals surface area contributed by atoms with Gasteiger partial charge in [-0.2, -0.15) is 0 Å². The van der Waals surface area contributed by atoms with E-state index in [4.69, 9.17) is 0 Å². The molecule has 2 aromatic rings. The summed E-state index contributed by atoms with van der Waals surface area (Å²) in [4.78, 5) is 10.8. The van der Waals surface area contributed by atoms with E-state index in [9.17, 15) is 4.39 Å². The number of aryl methyl sites for hydroxylation is 1. The number of aromatic nitrogens is 1. The normalized spacial score (nSPS) is 11.5. The molecule has 0 unspecified atom stereocenters. The third-order valence-electron chi connectivity index (χ3n) is 3.10. The van der Waals surface area contributed by atoms with Crippen LogP contribution in [0.15, 0.2) is 40.4 Å². The number of hydrogen-bond donors (Lipinski definition) is 2. The average Bonchev–Trinajstić information content (AvgIpc) is 2.98. The zero-order valence-electron chi connectivity index (χ0n) is 14.0. The molecule has 0 fully saturated rings. The summed E-state index contributed by atoms with van der Waals surface area (Å²) in [5.41, 5.74) is 0. The Morgan fingerprint density at radius 3 is 2.88 bits per heavy atom. The molecule has 2 rings (SSSR count). The molecule has 0 aliphatic rings. The van der Waals surface area contributed by atoms with Crippen molar-refractivity contribution < 1.29 is 4.39 Å². The quantitative estimate of drug-likeness (QED) is 0.325. The number of nitrogens with one attached hydrogen (secondary N) is 2. The largest absolute Gasteiger partial charge is 0.357 e. The van der Waals surface area contributed by atoms with E-state index in [-0.39, 0.29) is 5.82 Å². The zero-order chi connectivity index (χ0) is 17.2. The van der Waals surface area contributed by atoms with Crippen molar-refractivity contribution in [1.29, 1.82) is 0 Å². The molecule has 1 aromatic carbocycles. The van der Waals surface area contributed by atoms with Gasteiger partial charge in [0.25, 0.3) is 0 Å². The third kappa shape index (κ3) is 6.49. The van der Waals surface area contributed by atoms with Gasteiger partial charge in [-0.05, 0) is 26.0 Å². The van der Waals surface area contributed by atoms with E-state index >= 15 is 0 Å². The van der Waals surface area contributed by atoms with Crippen molar-refractivity contribution in [2.75, 3.05) is 25.4 Å². The van der Waals surface area contributed by atoms with E-state index in [0.29, 0.717) is 11.4 Å². The first-order chi connectivity index (χ1) is 11.7. The van der Waals surface area contributed by atoms with Crippen molar-refractivity contribution >= 4 is 29.1 Å². The molecule has 0 aliphatic carbocycles. The Morgan fingerprint density at radius 2 is 2.17 bits per heavy atom. The van der Waals surface area contributed by atoms with Crippen LogP contribution in [0.5, 0.6) is 0 Å². The third-order valence-corrected chi connectivity index (χ3v) is 5.12.